The van der Waals surface area contributed by atoms with Gasteiger partial charge in [0, 0.05) is 46.7 Å². The quantitative estimate of drug-likeness (QED) is 0.158. The summed E-state index contributed by atoms with van der Waals surface area (Å²) in [6.45, 7) is 2.40. The molecule has 1 aliphatic rings. The molecule has 0 bridgehead atoms. The van der Waals surface area contributed by atoms with Crippen molar-refractivity contribution in [2.24, 2.45) is 5.92 Å². The van der Waals surface area contributed by atoms with Crippen molar-refractivity contribution in [3.8, 4) is 0 Å². The van der Waals surface area contributed by atoms with Crippen LogP contribution in [0.1, 0.15) is 40.4 Å². The molecule has 8 nitrogen and oxygen atoms in total. The van der Waals surface area contributed by atoms with Gasteiger partial charge in [-0.2, -0.15) is 0 Å². The third-order valence-corrected chi connectivity index (χ3v) is 8.63. The Morgan fingerprint density at radius 2 is 1.63 bits per heavy atom. The monoisotopic (exact) mass is 681 g/mol. The summed E-state index contributed by atoms with van der Waals surface area (Å²) in [4.78, 5) is 42.7. The van der Waals surface area contributed by atoms with E-state index in [1.54, 1.807) is 77.4 Å². The zero-order valence-electron chi connectivity index (χ0n) is 25.5. The Hall–Kier alpha value is -4.57. The average Bonchev–Trinajstić information content (AvgIpc) is 3.28. The molecule has 46 heavy (non-hydrogen) atoms. The minimum absolute atomic E-state index is 0.0592. The highest BCUT2D eigenvalue weighted by Gasteiger charge is 2.52. The van der Waals surface area contributed by atoms with Gasteiger partial charge < -0.3 is 25.3 Å². The lowest BCUT2D eigenvalue weighted by atomic mass is 9.83. The van der Waals surface area contributed by atoms with Crippen molar-refractivity contribution in [2.75, 3.05) is 23.4 Å². The fourth-order valence-electron chi connectivity index (χ4n) is 5.60. The number of hydrogen-bond donors (Lipinski definition) is 3. The van der Waals surface area contributed by atoms with Gasteiger partial charge >= 0.3 is 0 Å². The van der Waals surface area contributed by atoms with Crippen molar-refractivity contribution in [3.05, 3.63) is 142 Å². The van der Waals surface area contributed by atoms with E-state index in [9.17, 15) is 24.6 Å². The van der Waals surface area contributed by atoms with Gasteiger partial charge in [-0.15, -0.1) is 0 Å². The van der Waals surface area contributed by atoms with E-state index in [0.29, 0.717) is 29.0 Å². The Kier molecular flexibility index (Phi) is 10.5. The van der Waals surface area contributed by atoms with E-state index in [-0.39, 0.29) is 37.9 Å². The lowest BCUT2D eigenvalue weighted by molar-refractivity contribution is -0.139. The molecule has 0 aliphatic carbocycles. The van der Waals surface area contributed by atoms with Crippen molar-refractivity contribution in [1.29, 1.82) is 0 Å². The highest BCUT2D eigenvalue weighted by Crippen LogP contribution is 2.46. The third-order valence-electron chi connectivity index (χ3n) is 8.13. The maximum Gasteiger partial charge on any atom is 0.264 e. The first-order valence-corrected chi connectivity index (χ1v) is 15.9. The molecular formula is C37H36BrN3O5. The highest BCUT2D eigenvalue weighted by atomic mass is 79.9. The first-order valence-electron chi connectivity index (χ1n) is 15.1. The minimum Gasteiger partial charge on any atom is -0.395 e. The number of halogens is 1. The Morgan fingerprint density at radius 3 is 2.30 bits per heavy atom. The Morgan fingerprint density at radius 1 is 0.957 bits per heavy atom. The van der Waals surface area contributed by atoms with Crippen molar-refractivity contribution in [2.45, 2.75) is 32.0 Å². The van der Waals surface area contributed by atoms with Crippen LogP contribution in [-0.2, 0) is 28.3 Å². The van der Waals surface area contributed by atoms with Crippen molar-refractivity contribution >= 4 is 45.0 Å². The molecule has 0 fully saturated rings. The van der Waals surface area contributed by atoms with Crippen LogP contribution >= 0.6 is 15.9 Å². The Labute approximate surface area is 277 Å². The fraction of sp³-hybridized carbons (Fsp3) is 0.216. The number of fused-ring (bicyclic) bond motifs is 1. The van der Waals surface area contributed by atoms with Gasteiger partial charge in [0.25, 0.3) is 11.8 Å². The largest absolute Gasteiger partial charge is 0.395 e. The first kappa shape index (κ1) is 32.8. The lowest BCUT2D eigenvalue weighted by Gasteiger charge is -2.28. The van der Waals surface area contributed by atoms with E-state index in [1.807, 2.05) is 54.6 Å². The average molecular weight is 683 g/mol. The molecule has 4 aromatic rings. The molecule has 4 aromatic carbocycles. The van der Waals surface area contributed by atoms with Gasteiger partial charge in [0.2, 0.25) is 5.91 Å². The van der Waals surface area contributed by atoms with E-state index >= 15 is 0 Å². The molecule has 0 unspecified atom stereocenters. The molecule has 3 N–H and O–H groups in total. The van der Waals surface area contributed by atoms with Gasteiger partial charge in [0.15, 0.2) is 5.60 Å². The predicted molar refractivity (Wildman–Crippen MR) is 182 cm³/mol. The summed E-state index contributed by atoms with van der Waals surface area (Å²) in [5.74, 6) is -1.49. The number of carbonyl (C=O) groups excluding carboxylic acids is 3. The number of amides is 3. The fourth-order valence-corrected chi connectivity index (χ4v) is 5.96. The molecule has 236 valence electrons. The summed E-state index contributed by atoms with van der Waals surface area (Å²) in [6.07, 6.45) is 3.44. The Balaban J connectivity index is 1.29. The van der Waals surface area contributed by atoms with Crippen LogP contribution in [0, 0.1) is 5.92 Å². The second-order valence-electron chi connectivity index (χ2n) is 11.3. The molecular weight excluding hydrogens is 646 g/mol. The topological polar surface area (TPSA) is 110 Å². The predicted octanol–water partition coefficient (Wildman–Crippen LogP) is 6.04. The number of hydrogen-bond acceptors (Lipinski definition) is 5. The summed E-state index contributed by atoms with van der Waals surface area (Å²) >= 11 is 3.48. The van der Waals surface area contributed by atoms with E-state index in [0.717, 1.165) is 15.6 Å². The van der Waals surface area contributed by atoms with Gasteiger partial charge in [0.1, 0.15) is 0 Å². The van der Waals surface area contributed by atoms with E-state index < -0.39 is 17.4 Å². The second-order valence-corrected chi connectivity index (χ2v) is 12.2. The zero-order chi connectivity index (χ0) is 32.7. The number of nitrogens with one attached hydrogen (secondary N) is 1. The molecule has 1 heterocycles. The molecule has 0 spiro atoms. The van der Waals surface area contributed by atoms with E-state index in [2.05, 4.69) is 21.2 Å². The van der Waals surface area contributed by atoms with E-state index in [4.69, 9.17) is 0 Å². The van der Waals surface area contributed by atoms with Crippen molar-refractivity contribution in [3.63, 3.8) is 0 Å². The highest BCUT2D eigenvalue weighted by molar-refractivity contribution is 9.10. The molecule has 0 saturated heterocycles. The second kappa shape index (κ2) is 14.7. The van der Waals surface area contributed by atoms with Gasteiger partial charge in [-0.25, -0.2) is 0 Å². The van der Waals surface area contributed by atoms with Crippen LogP contribution in [0.5, 0.6) is 0 Å². The summed E-state index contributed by atoms with van der Waals surface area (Å²) in [5.41, 5.74) is 2.19. The maximum absolute atomic E-state index is 14.0. The summed E-state index contributed by atoms with van der Waals surface area (Å²) < 4.78 is 0.727. The third kappa shape index (κ3) is 7.28. The van der Waals surface area contributed by atoms with Gasteiger partial charge in [-0.05, 0) is 53.6 Å². The smallest absolute Gasteiger partial charge is 0.264 e. The summed E-state index contributed by atoms with van der Waals surface area (Å²) in [5, 5.41) is 24.4. The standard InChI is InChI=1S/C37H36BrN3O5/c1-26(9-8-14-34(43)40(21-22-42)24-27-10-4-2-5-11-27)37(46)32-23-30(38)17-20-33(32)41(36(37)45)25-28-15-18-31(19-16-28)39-35(44)29-12-6-3-7-13-29/h2-13,15-20,23,26,42,46H,14,21-22,24-25H2,1H3,(H,39,44)/b9-8+/t26-,37+/m1/s1. The number of benzene rings is 4. The van der Waals surface area contributed by atoms with Crippen molar-refractivity contribution < 1.29 is 24.6 Å². The number of anilines is 2. The number of rotatable bonds is 12. The molecule has 0 radical (unpaired) electrons. The number of aliphatic hydroxyl groups is 2. The van der Waals surface area contributed by atoms with Gasteiger partial charge in [0.05, 0.1) is 18.8 Å². The van der Waals surface area contributed by atoms with Crippen LogP contribution in [0.4, 0.5) is 11.4 Å². The van der Waals surface area contributed by atoms with Crippen LogP contribution in [0.25, 0.3) is 0 Å². The molecule has 1 aliphatic heterocycles. The Bertz CT molecular complexity index is 1710. The number of carbonyl (C=O) groups is 3. The molecule has 3 amide bonds. The zero-order valence-corrected chi connectivity index (χ0v) is 27.1. The molecule has 5 rings (SSSR count). The SMILES string of the molecule is C[C@H](/C=C/CC(=O)N(CCO)Cc1ccccc1)[C@@]1(O)C(=O)N(Cc2ccc(NC(=O)c3ccccc3)cc2)c2ccc(Br)cc21. The van der Waals surface area contributed by atoms with E-state index in [1.165, 1.54) is 0 Å². The maximum atomic E-state index is 14.0. The molecule has 0 aromatic heterocycles. The molecule has 0 saturated carbocycles. The molecule has 2 atom stereocenters. The van der Waals surface area contributed by atoms with Crippen LogP contribution in [0.2, 0.25) is 0 Å². The van der Waals surface area contributed by atoms with Gasteiger partial charge in [-0.1, -0.05) is 95.7 Å². The van der Waals surface area contributed by atoms with Crippen molar-refractivity contribution in [1.82, 2.24) is 4.90 Å². The summed E-state index contributed by atoms with van der Waals surface area (Å²) in [7, 11) is 0. The normalized spacial score (nSPS) is 16.3. The van der Waals surface area contributed by atoms with Crippen LogP contribution in [-0.4, -0.2) is 46.0 Å². The van der Waals surface area contributed by atoms with Gasteiger partial charge in [-0.3, -0.25) is 14.4 Å². The number of aliphatic hydroxyl groups excluding tert-OH is 1. The number of nitrogens with zero attached hydrogens (tertiary/aromatic N) is 2. The molecule has 9 heteroatoms. The minimum atomic E-state index is -1.85. The summed E-state index contributed by atoms with van der Waals surface area (Å²) in [6, 6.07) is 31.1. The lowest BCUT2D eigenvalue weighted by Crippen LogP contribution is -2.44. The van der Waals surface area contributed by atoms with Crippen LogP contribution in [0.3, 0.4) is 0 Å². The van der Waals surface area contributed by atoms with Crippen LogP contribution < -0.4 is 10.2 Å². The first-order chi connectivity index (χ1) is 22.2. The van der Waals surface area contributed by atoms with Crippen LogP contribution in [0.15, 0.2) is 120 Å².